The fraction of sp³-hybridized carbons (Fsp3) is 0.455. The summed E-state index contributed by atoms with van der Waals surface area (Å²) in [7, 11) is -3.94. The lowest BCUT2D eigenvalue weighted by Gasteiger charge is -2.31. The summed E-state index contributed by atoms with van der Waals surface area (Å²) in [5.74, 6) is -1.91. The molecule has 0 amide bonds. The van der Waals surface area contributed by atoms with E-state index in [1.165, 1.54) is 4.31 Å². The molecule has 1 aromatic carbocycles. The summed E-state index contributed by atoms with van der Waals surface area (Å²) >= 11 is 2.87. The number of benzene rings is 1. The van der Waals surface area contributed by atoms with Gasteiger partial charge in [-0.15, -0.1) is 12.4 Å². The lowest BCUT2D eigenvalue weighted by molar-refractivity contribution is 0.309. The zero-order valence-electron chi connectivity index (χ0n) is 10.6. The first-order chi connectivity index (χ1) is 8.82. The van der Waals surface area contributed by atoms with E-state index >= 15 is 0 Å². The highest BCUT2D eigenvalue weighted by atomic mass is 79.9. The Morgan fingerprint density at radius 2 is 2.00 bits per heavy atom. The Morgan fingerprint density at radius 3 is 2.60 bits per heavy atom. The van der Waals surface area contributed by atoms with Crippen molar-refractivity contribution in [2.75, 3.05) is 19.6 Å². The van der Waals surface area contributed by atoms with Gasteiger partial charge in [0.05, 0.1) is 4.47 Å². The van der Waals surface area contributed by atoms with Gasteiger partial charge in [0.25, 0.3) is 0 Å². The van der Waals surface area contributed by atoms with Gasteiger partial charge >= 0.3 is 0 Å². The van der Waals surface area contributed by atoms with Crippen LogP contribution in [0.2, 0.25) is 0 Å². The van der Waals surface area contributed by atoms with Crippen molar-refractivity contribution in [3.63, 3.8) is 0 Å². The maximum atomic E-state index is 13.7. The molecule has 114 valence electrons. The van der Waals surface area contributed by atoms with Crippen LogP contribution in [-0.2, 0) is 10.0 Å². The lowest BCUT2D eigenvalue weighted by atomic mass is 10.3. The van der Waals surface area contributed by atoms with Gasteiger partial charge in [0, 0.05) is 31.7 Å². The van der Waals surface area contributed by atoms with Gasteiger partial charge in [0.1, 0.15) is 16.5 Å². The van der Waals surface area contributed by atoms with Gasteiger partial charge in [-0.05, 0) is 28.9 Å². The largest absolute Gasteiger partial charge is 0.312 e. The van der Waals surface area contributed by atoms with E-state index in [0.29, 0.717) is 12.6 Å². The van der Waals surface area contributed by atoms with E-state index in [9.17, 15) is 17.2 Å². The quantitative estimate of drug-likeness (QED) is 0.786. The van der Waals surface area contributed by atoms with Crippen molar-refractivity contribution in [2.45, 2.75) is 17.9 Å². The van der Waals surface area contributed by atoms with Crippen molar-refractivity contribution in [1.82, 2.24) is 9.62 Å². The van der Waals surface area contributed by atoms with Crippen LogP contribution in [0.4, 0.5) is 8.78 Å². The molecule has 20 heavy (non-hydrogen) atoms. The van der Waals surface area contributed by atoms with Gasteiger partial charge < -0.3 is 5.32 Å². The van der Waals surface area contributed by atoms with Crippen molar-refractivity contribution >= 4 is 38.4 Å². The lowest BCUT2D eigenvalue weighted by Crippen LogP contribution is -2.51. The standard InChI is InChI=1S/C11H13BrF2N2O2S.ClH/c1-7-6-16(3-2-15-7)19(17,18)11-4-8(12)9(13)5-10(11)14;/h4-5,7,15H,2-3,6H2,1H3;1H. The first-order valence-corrected chi connectivity index (χ1v) is 7.94. The van der Waals surface area contributed by atoms with Crippen LogP contribution in [0.25, 0.3) is 0 Å². The topological polar surface area (TPSA) is 49.4 Å². The fourth-order valence-electron chi connectivity index (χ4n) is 1.96. The molecular formula is C11H14BrClF2N2O2S. The summed E-state index contributed by atoms with van der Waals surface area (Å²) in [6.45, 7) is 2.88. The minimum absolute atomic E-state index is 0. The van der Waals surface area contributed by atoms with Crippen molar-refractivity contribution in [2.24, 2.45) is 0 Å². The van der Waals surface area contributed by atoms with Crippen LogP contribution in [0.1, 0.15) is 6.92 Å². The fourth-order valence-corrected chi connectivity index (χ4v) is 4.05. The van der Waals surface area contributed by atoms with Crippen molar-refractivity contribution in [3.05, 3.63) is 28.2 Å². The van der Waals surface area contributed by atoms with Gasteiger partial charge in [0.2, 0.25) is 10.0 Å². The molecule has 0 radical (unpaired) electrons. The molecule has 1 aromatic rings. The summed E-state index contributed by atoms with van der Waals surface area (Å²) < 4.78 is 52.6. The molecule has 1 aliphatic heterocycles. The molecule has 1 atom stereocenters. The predicted molar refractivity (Wildman–Crippen MR) is 77.5 cm³/mol. The van der Waals surface area contributed by atoms with Gasteiger partial charge in [-0.1, -0.05) is 0 Å². The van der Waals surface area contributed by atoms with Crippen molar-refractivity contribution in [3.8, 4) is 0 Å². The molecule has 1 aliphatic rings. The molecule has 0 aromatic heterocycles. The average Bonchev–Trinajstić information content (AvgIpc) is 2.33. The Kier molecular flexibility index (Phi) is 5.91. The smallest absolute Gasteiger partial charge is 0.246 e. The number of nitrogens with zero attached hydrogens (tertiary/aromatic N) is 1. The molecule has 0 aliphatic carbocycles. The Morgan fingerprint density at radius 1 is 1.35 bits per heavy atom. The summed E-state index contributed by atoms with van der Waals surface area (Å²) in [6.07, 6.45) is 0. The molecule has 1 fully saturated rings. The third-order valence-electron chi connectivity index (χ3n) is 2.92. The molecule has 4 nitrogen and oxygen atoms in total. The van der Waals surface area contributed by atoms with Crippen molar-refractivity contribution < 1.29 is 17.2 Å². The minimum Gasteiger partial charge on any atom is -0.312 e. The van der Waals surface area contributed by atoms with E-state index < -0.39 is 26.6 Å². The van der Waals surface area contributed by atoms with Gasteiger partial charge in [0.15, 0.2) is 0 Å². The zero-order valence-corrected chi connectivity index (χ0v) is 13.8. The Labute approximate surface area is 131 Å². The molecule has 1 saturated heterocycles. The molecule has 2 rings (SSSR count). The van der Waals surface area contributed by atoms with E-state index in [1.54, 1.807) is 0 Å². The minimum atomic E-state index is -3.94. The molecule has 1 unspecified atom stereocenters. The molecule has 1 N–H and O–H groups in total. The number of nitrogens with one attached hydrogen (secondary N) is 1. The average molecular weight is 392 g/mol. The van der Waals surface area contributed by atoms with Crippen LogP contribution in [0.5, 0.6) is 0 Å². The SMILES string of the molecule is CC1CN(S(=O)(=O)c2cc(Br)c(F)cc2F)CCN1.Cl. The third-order valence-corrected chi connectivity index (χ3v) is 5.41. The highest BCUT2D eigenvalue weighted by Crippen LogP contribution is 2.26. The first kappa shape index (κ1) is 17.8. The summed E-state index contributed by atoms with van der Waals surface area (Å²) in [6, 6.07) is 1.53. The maximum Gasteiger partial charge on any atom is 0.246 e. The van der Waals surface area contributed by atoms with E-state index in [4.69, 9.17) is 0 Å². The highest BCUT2D eigenvalue weighted by molar-refractivity contribution is 9.10. The second kappa shape index (κ2) is 6.65. The summed E-state index contributed by atoms with van der Waals surface area (Å²) in [5, 5.41) is 3.10. The normalized spacial score (nSPS) is 20.5. The number of sulfonamides is 1. The second-order valence-corrected chi connectivity index (χ2v) is 7.18. The first-order valence-electron chi connectivity index (χ1n) is 5.70. The zero-order chi connectivity index (χ0) is 14.2. The van der Waals surface area contributed by atoms with Crippen LogP contribution < -0.4 is 5.32 Å². The van der Waals surface area contributed by atoms with Gasteiger partial charge in [-0.25, -0.2) is 17.2 Å². The predicted octanol–water partition coefficient (Wildman–Crippen LogP) is 2.13. The highest BCUT2D eigenvalue weighted by Gasteiger charge is 2.31. The number of hydrogen-bond donors (Lipinski definition) is 1. The van der Waals surface area contributed by atoms with Crippen LogP contribution in [0, 0.1) is 11.6 Å². The van der Waals surface area contributed by atoms with E-state index in [1.807, 2.05) is 6.92 Å². The summed E-state index contributed by atoms with van der Waals surface area (Å²) in [5.41, 5.74) is 0. The molecule has 9 heteroatoms. The monoisotopic (exact) mass is 390 g/mol. The number of rotatable bonds is 2. The van der Waals surface area contributed by atoms with Crippen molar-refractivity contribution in [1.29, 1.82) is 0 Å². The maximum absolute atomic E-state index is 13.7. The molecule has 0 spiro atoms. The van der Waals surface area contributed by atoms with Gasteiger partial charge in [-0.2, -0.15) is 4.31 Å². The van der Waals surface area contributed by atoms with Gasteiger partial charge in [-0.3, -0.25) is 0 Å². The second-order valence-electron chi connectivity index (χ2n) is 4.41. The molecule has 1 heterocycles. The van der Waals surface area contributed by atoms with E-state index in [-0.39, 0.29) is 36.0 Å². The van der Waals surface area contributed by atoms with Crippen LogP contribution >= 0.6 is 28.3 Å². The Hall–Kier alpha value is -0.280. The summed E-state index contributed by atoms with van der Waals surface area (Å²) in [4.78, 5) is -0.505. The van der Waals surface area contributed by atoms with Crippen LogP contribution in [-0.4, -0.2) is 38.4 Å². The van der Waals surface area contributed by atoms with E-state index in [2.05, 4.69) is 21.2 Å². The number of hydrogen-bond acceptors (Lipinski definition) is 3. The van der Waals surface area contributed by atoms with E-state index in [0.717, 1.165) is 6.07 Å². The van der Waals surface area contributed by atoms with Crippen LogP contribution in [0.3, 0.4) is 0 Å². The Balaban J connectivity index is 0.00000200. The number of halogens is 4. The molecule has 0 bridgehead atoms. The Bertz CT molecular complexity index is 600. The molecule has 0 saturated carbocycles. The third kappa shape index (κ3) is 3.48. The molecular weight excluding hydrogens is 378 g/mol. The number of piperazine rings is 1. The van der Waals surface area contributed by atoms with Crippen LogP contribution in [0.15, 0.2) is 21.5 Å².